The smallest absolute Gasteiger partial charge is 0.288 e. The lowest BCUT2D eigenvalue weighted by Crippen LogP contribution is -2.26. The minimum absolute atomic E-state index is 0.0387. The van der Waals surface area contributed by atoms with Crippen LogP contribution in [-0.4, -0.2) is 20.3 Å². The summed E-state index contributed by atoms with van der Waals surface area (Å²) in [5, 5.41) is 9.44. The molecule has 0 aliphatic carbocycles. The third-order valence-corrected chi connectivity index (χ3v) is 2.10. The maximum atomic E-state index is 11.4. The van der Waals surface area contributed by atoms with Crippen LogP contribution in [0.5, 0.6) is 0 Å². The van der Waals surface area contributed by atoms with E-state index in [1.54, 1.807) is 20.0 Å². The Morgan fingerprint density at radius 3 is 2.86 bits per heavy atom. The number of hydrogen-bond acceptors (Lipinski definition) is 3. The number of rotatable bonds is 3. The van der Waals surface area contributed by atoms with Crippen molar-refractivity contribution in [1.29, 1.82) is 0 Å². The van der Waals surface area contributed by atoms with Crippen LogP contribution in [0.3, 0.4) is 0 Å². The average Bonchev–Trinajstić information content (AvgIpc) is 2.06. The Bertz CT molecular complexity index is 368. The molecule has 0 bridgehead atoms. The van der Waals surface area contributed by atoms with Crippen LogP contribution >= 0.6 is 11.6 Å². The highest BCUT2D eigenvalue weighted by Gasteiger charge is 2.12. The quantitative estimate of drug-likeness (QED) is 0.822. The lowest BCUT2D eigenvalue weighted by Gasteiger charge is -2.17. The molecule has 1 rings (SSSR count). The highest BCUT2D eigenvalue weighted by atomic mass is 35.5. The number of aliphatic hydroxyl groups is 1. The van der Waals surface area contributed by atoms with Gasteiger partial charge in [0, 0.05) is 18.9 Å². The first-order valence-electron chi connectivity index (χ1n) is 4.33. The first kappa shape index (κ1) is 11.2. The van der Waals surface area contributed by atoms with E-state index in [9.17, 15) is 9.90 Å². The molecule has 0 saturated carbocycles. The van der Waals surface area contributed by atoms with Crippen LogP contribution in [0.2, 0.25) is 5.15 Å². The Kier molecular flexibility index (Phi) is 3.29. The van der Waals surface area contributed by atoms with Crippen LogP contribution in [0.1, 0.15) is 20.3 Å². The topological polar surface area (TPSA) is 55.1 Å². The summed E-state index contributed by atoms with van der Waals surface area (Å²) in [6, 6.07) is 0. The van der Waals surface area contributed by atoms with Crippen LogP contribution in [-0.2, 0) is 6.54 Å². The van der Waals surface area contributed by atoms with E-state index in [1.807, 2.05) is 0 Å². The van der Waals surface area contributed by atoms with E-state index in [2.05, 4.69) is 4.98 Å². The fourth-order valence-electron chi connectivity index (χ4n) is 0.991. The van der Waals surface area contributed by atoms with Crippen molar-refractivity contribution in [2.45, 2.75) is 32.4 Å². The van der Waals surface area contributed by atoms with Gasteiger partial charge >= 0.3 is 0 Å². The molecule has 0 aromatic carbocycles. The summed E-state index contributed by atoms with van der Waals surface area (Å²) in [7, 11) is 0. The molecule has 4 nitrogen and oxygen atoms in total. The summed E-state index contributed by atoms with van der Waals surface area (Å²) in [4.78, 5) is 15.0. The van der Waals surface area contributed by atoms with Gasteiger partial charge in [-0.25, -0.2) is 4.98 Å². The molecule has 0 aliphatic heterocycles. The standard InChI is InChI=1S/C9H13ClN2O2/c1-9(2,14)3-5-12-6-4-11-7(10)8(12)13/h4,6,14H,3,5H2,1-2H3. The lowest BCUT2D eigenvalue weighted by molar-refractivity contribution is 0.0659. The van der Waals surface area contributed by atoms with Crippen LogP contribution in [0.15, 0.2) is 17.2 Å². The second kappa shape index (κ2) is 4.11. The molecule has 14 heavy (non-hydrogen) atoms. The first-order chi connectivity index (χ1) is 6.40. The SMILES string of the molecule is CC(C)(O)CCn1ccnc(Cl)c1=O. The summed E-state index contributed by atoms with van der Waals surface area (Å²) < 4.78 is 1.44. The van der Waals surface area contributed by atoms with E-state index in [0.29, 0.717) is 13.0 Å². The van der Waals surface area contributed by atoms with Crippen LogP contribution < -0.4 is 5.56 Å². The Balaban J connectivity index is 2.78. The van der Waals surface area contributed by atoms with Gasteiger partial charge in [0.15, 0.2) is 5.15 Å². The Morgan fingerprint density at radius 1 is 1.64 bits per heavy atom. The average molecular weight is 217 g/mol. The van der Waals surface area contributed by atoms with Gasteiger partial charge in [-0.2, -0.15) is 0 Å². The number of aromatic nitrogens is 2. The summed E-state index contributed by atoms with van der Waals surface area (Å²) in [5.41, 5.74) is -1.10. The summed E-state index contributed by atoms with van der Waals surface area (Å²) in [6.07, 6.45) is 3.52. The third-order valence-electron chi connectivity index (χ3n) is 1.84. The summed E-state index contributed by atoms with van der Waals surface area (Å²) in [5.74, 6) is 0. The van der Waals surface area contributed by atoms with Crippen LogP contribution in [0, 0.1) is 0 Å². The summed E-state index contributed by atoms with van der Waals surface area (Å²) in [6.45, 7) is 3.83. The zero-order valence-electron chi connectivity index (χ0n) is 8.20. The van der Waals surface area contributed by atoms with Crippen molar-refractivity contribution in [1.82, 2.24) is 9.55 Å². The van der Waals surface area contributed by atoms with E-state index in [0.717, 1.165) is 0 Å². The molecule has 0 spiro atoms. The molecule has 0 aliphatic rings. The number of hydrogen-bond donors (Lipinski definition) is 1. The van der Waals surface area contributed by atoms with Gasteiger partial charge in [0.2, 0.25) is 0 Å². The van der Waals surface area contributed by atoms with Crippen molar-refractivity contribution in [2.75, 3.05) is 0 Å². The molecule has 5 heteroatoms. The normalized spacial score (nSPS) is 11.7. The Hall–Kier alpha value is -0.870. The van der Waals surface area contributed by atoms with E-state index in [-0.39, 0.29) is 10.7 Å². The fraction of sp³-hybridized carbons (Fsp3) is 0.556. The predicted octanol–water partition coefficient (Wildman–Crippen LogP) is 1.06. The summed E-state index contributed by atoms with van der Waals surface area (Å²) >= 11 is 5.56. The molecule has 1 N–H and O–H groups in total. The molecule has 78 valence electrons. The van der Waals surface area contributed by atoms with Gasteiger partial charge in [-0.1, -0.05) is 11.6 Å². The van der Waals surface area contributed by atoms with Gasteiger partial charge in [-0.15, -0.1) is 0 Å². The van der Waals surface area contributed by atoms with Crippen molar-refractivity contribution in [3.63, 3.8) is 0 Å². The van der Waals surface area contributed by atoms with E-state index >= 15 is 0 Å². The Labute approximate surface area is 87.2 Å². The van der Waals surface area contributed by atoms with Gasteiger partial charge < -0.3 is 9.67 Å². The van der Waals surface area contributed by atoms with Gasteiger partial charge in [0.05, 0.1) is 5.60 Å². The van der Waals surface area contributed by atoms with E-state index < -0.39 is 5.60 Å². The van der Waals surface area contributed by atoms with E-state index in [4.69, 9.17) is 11.6 Å². The molecule has 0 amide bonds. The highest BCUT2D eigenvalue weighted by molar-refractivity contribution is 6.29. The molecule has 0 saturated heterocycles. The molecule has 1 aromatic heterocycles. The maximum absolute atomic E-state index is 11.4. The molecule has 0 fully saturated rings. The third kappa shape index (κ3) is 3.12. The van der Waals surface area contributed by atoms with E-state index in [1.165, 1.54) is 10.8 Å². The molecular weight excluding hydrogens is 204 g/mol. The number of halogens is 1. The minimum Gasteiger partial charge on any atom is -0.390 e. The van der Waals surface area contributed by atoms with Crippen molar-refractivity contribution < 1.29 is 5.11 Å². The van der Waals surface area contributed by atoms with Crippen molar-refractivity contribution in [3.05, 3.63) is 27.9 Å². The Morgan fingerprint density at radius 2 is 2.29 bits per heavy atom. The maximum Gasteiger partial charge on any atom is 0.288 e. The van der Waals surface area contributed by atoms with Crippen LogP contribution in [0.25, 0.3) is 0 Å². The second-order valence-corrected chi connectivity index (χ2v) is 4.14. The largest absolute Gasteiger partial charge is 0.390 e. The van der Waals surface area contributed by atoms with Gasteiger partial charge in [-0.3, -0.25) is 4.79 Å². The fourth-order valence-corrected chi connectivity index (χ4v) is 1.16. The molecule has 0 unspecified atom stereocenters. The highest BCUT2D eigenvalue weighted by Crippen LogP contribution is 2.08. The molecule has 1 heterocycles. The molecule has 1 aromatic rings. The van der Waals surface area contributed by atoms with Gasteiger partial charge in [-0.05, 0) is 20.3 Å². The zero-order chi connectivity index (χ0) is 10.8. The first-order valence-corrected chi connectivity index (χ1v) is 4.71. The number of aryl methyl sites for hydroxylation is 1. The van der Waals surface area contributed by atoms with Crippen molar-refractivity contribution >= 4 is 11.6 Å². The second-order valence-electron chi connectivity index (χ2n) is 3.78. The van der Waals surface area contributed by atoms with Crippen molar-refractivity contribution in [2.24, 2.45) is 0 Å². The van der Waals surface area contributed by atoms with Gasteiger partial charge in [0.1, 0.15) is 0 Å². The monoisotopic (exact) mass is 216 g/mol. The lowest BCUT2D eigenvalue weighted by atomic mass is 10.1. The molecule has 0 radical (unpaired) electrons. The van der Waals surface area contributed by atoms with Crippen molar-refractivity contribution in [3.8, 4) is 0 Å². The van der Waals surface area contributed by atoms with Gasteiger partial charge in [0.25, 0.3) is 5.56 Å². The molecular formula is C9H13ClN2O2. The zero-order valence-corrected chi connectivity index (χ0v) is 8.95. The predicted molar refractivity (Wildman–Crippen MR) is 54.4 cm³/mol. The van der Waals surface area contributed by atoms with Crippen LogP contribution in [0.4, 0.5) is 0 Å². The number of nitrogens with zero attached hydrogens (tertiary/aromatic N) is 2. The molecule has 0 atom stereocenters. The minimum atomic E-state index is -0.783.